The number of carbonyl (C=O) groups excluding carboxylic acids is 6. The molecule has 5 heterocycles. The Balaban J connectivity index is 0.732. The number of unbranched alkanes of at least 4 members (excludes halogenated alkanes) is 5. The average molecular weight is 1030 g/mol. The molecular formula is C55H71N11O7S. The number of rotatable bonds is 23. The van der Waals surface area contributed by atoms with Crippen LogP contribution in [0.2, 0.25) is 0 Å². The topological polar surface area (TPSA) is 221 Å². The molecule has 1 atom stereocenters. The van der Waals surface area contributed by atoms with Crippen molar-refractivity contribution in [1.29, 1.82) is 0 Å². The first-order valence-electron chi connectivity index (χ1n) is 25.9. The normalized spacial score (nSPS) is 15.9. The van der Waals surface area contributed by atoms with Gasteiger partial charge >= 0.3 is 6.09 Å². The highest BCUT2D eigenvalue weighted by atomic mass is 32.2. The summed E-state index contributed by atoms with van der Waals surface area (Å²) in [5, 5.41) is 21.0. The first kappa shape index (κ1) is 55.0. The Bertz CT molecular complexity index is 2630. The van der Waals surface area contributed by atoms with Crippen molar-refractivity contribution < 1.29 is 33.5 Å². The zero-order valence-corrected chi connectivity index (χ0v) is 44.2. The molecule has 2 aromatic carbocycles. The smallest absolute Gasteiger partial charge is 0.408 e. The SMILES string of the molecule is CNC(=O)C(CCC=O)N1Cc2cc(CNC(=O)c3ccc(C4=CCN(CCCCCCCCC(=O)Nc5cccc(Sc6cnc(N7CCC(C)(NC(=O)OC(C)(C)C)CC7)cn6)c5)CC4)nn3)ccc2C1=O. The van der Waals surface area contributed by atoms with Crippen molar-refractivity contribution in [2.75, 3.05) is 50.0 Å². The number of ether oxygens (including phenoxy) is 1. The van der Waals surface area contributed by atoms with E-state index in [2.05, 4.69) is 64.2 Å². The van der Waals surface area contributed by atoms with Crippen LogP contribution in [0.3, 0.4) is 0 Å². The second-order valence-corrected chi connectivity index (χ2v) is 21.6. The van der Waals surface area contributed by atoms with Gasteiger partial charge < -0.3 is 40.6 Å². The van der Waals surface area contributed by atoms with E-state index in [1.54, 1.807) is 30.6 Å². The minimum Gasteiger partial charge on any atom is -0.444 e. The predicted octanol–water partition coefficient (Wildman–Crippen LogP) is 7.74. The van der Waals surface area contributed by atoms with E-state index in [0.29, 0.717) is 12.0 Å². The van der Waals surface area contributed by atoms with Crippen LogP contribution in [0.4, 0.5) is 16.3 Å². The fraction of sp³-hybridized carbons (Fsp3) is 0.491. The molecule has 394 valence electrons. The molecule has 7 rings (SSSR count). The number of nitrogens with one attached hydrogen (secondary N) is 4. The largest absolute Gasteiger partial charge is 0.444 e. The number of likely N-dealkylation sites (N-methyl/N-ethyl adjacent to an activating group) is 1. The summed E-state index contributed by atoms with van der Waals surface area (Å²) in [6.45, 7) is 12.4. The highest BCUT2D eigenvalue weighted by molar-refractivity contribution is 7.99. The van der Waals surface area contributed by atoms with Gasteiger partial charge in [-0.15, -0.1) is 5.10 Å². The van der Waals surface area contributed by atoms with Gasteiger partial charge in [-0.05, 0) is 126 Å². The molecule has 1 unspecified atom stereocenters. The van der Waals surface area contributed by atoms with Gasteiger partial charge in [0.25, 0.3) is 11.8 Å². The van der Waals surface area contributed by atoms with Gasteiger partial charge in [-0.3, -0.25) is 24.1 Å². The second kappa shape index (κ2) is 26.0. The maximum atomic E-state index is 13.1. The van der Waals surface area contributed by atoms with Gasteiger partial charge in [0.05, 0.1) is 18.1 Å². The Labute approximate surface area is 438 Å². The summed E-state index contributed by atoms with van der Waals surface area (Å²) in [6, 6.07) is 15.9. The molecule has 0 radical (unpaired) electrons. The van der Waals surface area contributed by atoms with Crippen molar-refractivity contribution in [3.05, 3.63) is 101 Å². The number of nitrogens with zero attached hydrogens (tertiary/aromatic N) is 7. The lowest BCUT2D eigenvalue weighted by Crippen LogP contribution is -2.54. The van der Waals surface area contributed by atoms with Crippen molar-refractivity contribution in [3.63, 3.8) is 0 Å². The maximum absolute atomic E-state index is 13.1. The molecule has 74 heavy (non-hydrogen) atoms. The van der Waals surface area contributed by atoms with Crippen LogP contribution in [-0.4, -0.2) is 123 Å². The molecule has 5 amide bonds. The number of alkyl carbamates (subject to hydrolysis) is 1. The third-order valence-corrected chi connectivity index (χ3v) is 14.4. The summed E-state index contributed by atoms with van der Waals surface area (Å²) < 4.78 is 5.46. The van der Waals surface area contributed by atoms with Crippen molar-refractivity contribution in [3.8, 4) is 0 Å². The molecule has 4 N–H and O–H groups in total. The van der Waals surface area contributed by atoms with Crippen molar-refractivity contribution >= 4 is 64.8 Å². The fourth-order valence-corrected chi connectivity index (χ4v) is 10.1. The van der Waals surface area contributed by atoms with E-state index < -0.39 is 17.7 Å². The summed E-state index contributed by atoms with van der Waals surface area (Å²) in [4.78, 5) is 91.2. The van der Waals surface area contributed by atoms with E-state index in [-0.39, 0.29) is 60.8 Å². The number of carbonyl (C=O) groups is 6. The Hall–Kier alpha value is -6.73. The molecule has 0 spiro atoms. The van der Waals surface area contributed by atoms with Crippen LogP contribution in [0.5, 0.6) is 0 Å². The van der Waals surface area contributed by atoms with Crippen LogP contribution in [0.1, 0.15) is 142 Å². The summed E-state index contributed by atoms with van der Waals surface area (Å²) in [7, 11) is 1.51. The number of aldehydes is 1. The van der Waals surface area contributed by atoms with Crippen molar-refractivity contribution in [2.45, 2.75) is 145 Å². The number of anilines is 2. The predicted molar refractivity (Wildman–Crippen MR) is 284 cm³/mol. The number of piperidine rings is 1. The number of fused-ring (bicyclic) bond motifs is 1. The minimum atomic E-state index is -0.740. The minimum absolute atomic E-state index is 0.0155. The third kappa shape index (κ3) is 15.9. The van der Waals surface area contributed by atoms with Gasteiger partial charge in [-0.2, -0.15) is 5.10 Å². The summed E-state index contributed by atoms with van der Waals surface area (Å²) in [5.74, 6) is -0.107. The molecule has 0 saturated carbocycles. The summed E-state index contributed by atoms with van der Waals surface area (Å²) in [5.41, 5.74) is 4.05. The molecule has 3 aliphatic rings. The highest BCUT2D eigenvalue weighted by Gasteiger charge is 2.36. The van der Waals surface area contributed by atoms with E-state index >= 15 is 0 Å². The number of amides is 5. The zero-order valence-electron chi connectivity index (χ0n) is 43.4. The lowest BCUT2D eigenvalue weighted by atomic mass is 9.90. The standard InChI is InChI=1S/C55H71N11O7S/c1-54(2,3)73-53(72)61-55(4)24-29-65(30-25-55)47-35-58-49(36-57-47)74-42-15-12-14-41(33-42)60-48(68)17-10-8-6-7-9-11-26-64-27-22-39(23-28-64)44-20-21-45(63-62-44)50(69)59-34-38-18-19-43-40(32-38)37-66(52(43)71)46(16-13-31-67)51(70)56-5/h12,14-15,18-22,31-33,35-36,46H,6-11,13,16-17,23-30,34,37H2,1-5H3,(H,56,70)(H,59,69)(H,60,68)(H,61,72). The third-order valence-electron chi connectivity index (χ3n) is 13.5. The average Bonchev–Trinajstić information content (AvgIpc) is 3.70. The van der Waals surface area contributed by atoms with Crippen LogP contribution in [0.15, 0.2) is 83.0 Å². The maximum Gasteiger partial charge on any atom is 0.408 e. The Kier molecular flexibility index (Phi) is 19.3. The lowest BCUT2D eigenvalue weighted by Gasteiger charge is -2.40. The van der Waals surface area contributed by atoms with E-state index in [0.717, 1.165) is 141 Å². The fourth-order valence-electron chi connectivity index (χ4n) is 9.36. The first-order chi connectivity index (χ1) is 35.6. The molecule has 3 aliphatic heterocycles. The number of benzene rings is 2. The lowest BCUT2D eigenvalue weighted by molar-refractivity contribution is -0.125. The molecule has 1 fully saturated rings. The summed E-state index contributed by atoms with van der Waals surface area (Å²) in [6.07, 6.45) is 15.8. The Morgan fingerprint density at radius 1 is 0.919 bits per heavy atom. The molecule has 2 aromatic heterocycles. The van der Waals surface area contributed by atoms with Gasteiger partial charge in [-0.1, -0.05) is 61.7 Å². The molecule has 18 nitrogen and oxygen atoms in total. The summed E-state index contributed by atoms with van der Waals surface area (Å²) >= 11 is 1.50. The van der Waals surface area contributed by atoms with Gasteiger partial charge in [0, 0.05) is 80.8 Å². The van der Waals surface area contributed by atoms with Gasteiger partial charge in [0.2, 0.25) is 11.8 Å². The van der Waals surface area contributed by atoms with E-state index in [9.17, 15) is 28.8 Å². The van der Waals surface area contributed by atoms with Gasteiger partial charge in [-0.25, -0.2) is 14.8 Å². The van der Waals surface area contributed by atoms with E-state index in [1.165, 1.54) is 23.7 Å². The number of hydrogen-bond donors (Lipinski definition) is 4. The van der Waals surface area contributed by atoms with Gasteiger partial charge in [0.15, 0.2) is 5.69 Å². The second-order valence-electron chi connectivity index (χ2n) is 20.5. The van der Waals surface area contributed by atoms with Crippen LogP contribution in [-0.2, 0) is 32.2 Å². The van der Waals surface area contributed by atoms with E-state index in [4.69, 9.17) is 4.74 Å². The van der Waals surface area contributed by atoms with Crippen LogP contribution in [0.25, 0.3) is 5.57 Å². The zero-order chi connectivity index (χ0) is 52.7. The monoisotopic (exact) mass is 1030 g/mol. The highest BCUT2D eigenvalue weighted by Crippen LogP contribution is 2.31. The van der Waals surface area contributed by atoms with Crippen molar-refractivity contribution in [2.24, 2.45) is 0 Å². The Morgan fingerprint density at radius 2 is 1.70 bits per heavy atom. The molecular weight excluding hydrogens is 959 g/mol. The first-order valence-corrected chi connectivity index (χ1v) is 26.7. The molecule has 4 aromatic rings. The molecule has 0 aliphatic carbocycles. The van der Waals surface area contributed by atoms with Crippen molar-refractivity contribution in [1.82, 2.24) is 45.9 Å². The number of aromatic nitrogens is 4. The molecule has 19 heteroatoms. The van der Waals surface area contributed by atoms with Crippen LogP contribution < -0.4 is 26.2 Å². The van der Waals surface area contributed by atoms with Crippen LogP contribution >= 0.6 is 11.8 Å². The van der Waals surface area contributed by atoms with Gasteiger partial charge in [0.1, 0.15) is 28.8 Å². The van der Waals surface area contributed by atoms with Crippen LogP contribution in [0, 0.1) is 0 Å². The quantitative estimate of drug-likeness (QED) is 0.0413. The molecule has 0 bridgehead atoms. The molecule has 1 saturated heterocycles. The van der Waals surface area contributed by atoms with E-state index in [1.807, 2.05) is 57.2 Å². The Morgan fingerprint density at radius 3 is 2.39 bits per heavy atom. The number of hydrogen-bond acceptors (Lipinski definition) is 14.